The zero-order valence-electron chi connectivity index (χ0n) is 35.2. The number of amides is 5. The number of carbonyl (C=O) groups is 6. The summed E-state index contributed by atoms with van der Waals surface area (Å²) in [5.41, 5.74) is 1.70. The van der Waals surface area contributed by atoms with Crippen molar-refractivity contribution in [3.05, 3.63) is 53.3 Å². The Labute approximate surface area is 351 Å². The van der Waals surface area contributed by atoms with Crippen molar-refractivity contribution in [2.45, 2.75) is 85.6 Å². The summed E-state index contributed by atoms with van der Waals surface area (Å²) in [7, 11) is 1.40. The van der Waals surface area contributed by atoms with Crippen molar-refractivity contribution < 1.29 is 72.9 Å². The number of ketones is 1. The largest absolute Gasteiger partial charge is 0.507 e. The third-order valence-electron chi connectivity index (χ3n) is 11.3. The number of anilines is 1. The van der Waals surface area contributed by atoms with Crippen LogP contribution in [0, 0.1) is 30.6 Å². The van der Waals surface area contributed by atoms with Crippen LogP contribution in [0.2, 0.25) is 0 Å². The maximum absolute atomic E-state index is 14.5. The Balaban J connectivity index is 1.65. The first-order chi connectivity index (χ1) is 28.6. The van der Waals surface area contributed by atoms with E-state index < -0.39 is 107 Å². The third-order valence-corrected chi connectivity index (χ3v) is 11.3. The number of imide groups is 1. The molecule has 0 saturated carbocycles. The van der Waals surface area contributed by atoms with Crippen LogP contribution in [0.15, 0.2) is 42.2 Å². The highest BCUT2D eigenvalue weighted by Gasteiger charge is 2.50. The number of rotatable bonds is 6. The number of benzene rings is 2. The highest BCUT2D eigenvalue weighted by molar-refractivity contribution is 6.21. The summed E-state index contributed by atoms with van der Waals surface area (Å²) in [5.74, 6) is -10.3. The van der Waals surface area contributed by atoms with Crippen LogP contribution in [0.5, 0.6) is 23.0 Å². The number of esters is 1. The van der Waals surface area contributed by atoms with E-state index in [1.807, 2.05) is 0 Å². The summed E-state index contributed by atoms with van der Waals surface area (Å²) >= 11 is 0. The molecule has 2 aromatic carbocycles. The first kappa shape index (κ1) is 45.9. The van der Waals surface area contributed by atoms with Gasteiger partial charge in [-0.05, 0) is 19.9 Å². The topological polar surface area (TPSA) is 269 Å². The average molecular weight is 853 g/mol. The molecule has 5 bridgehead atoms. The number of hydrogen-bond acceptors (Lipinski definition) is 15. The van der Waals surface area contributed by atoms with Gasteiger partial charge in [-0.25, -0.2) is 4.79 Å². The van der Waals surface area contributed by atoms with E-state index in [9.17, 15) is 49.2 Å². The summed E-state index contributed by atoms with van der Waals surface area (Å²) in [5, 5.41) is 50.7. The number of aliphatic hydroxyl groups excluding tert-OH is 2. The van der Waals surface area contributed by atoms with Gasteiger partial charge in [-0.15, -0.1) is 0 Å². The number of carbonyl (C=O) groups excluding carboxylic acids is 6. The normalized spacial score (nSPS) is 30.5. The van der Waals surface area contributed by atoms with Crippen LogP contribution < -0.4 is 25.5 Å². The maximum Gasteiger partial charge on any atom is 0.343 e. The molecular weight excluding hydrogens is 800 g/mol. The summed E-state index contributed by atoms with van der Waals surface area (Å²) in [6.07, 6.45) is 3.17. The zero-order valence-corrected chi connectivity index (χ0v) is 35.2. The number of aliphatic hydroxyl groups is 2. The van der Waals surface area contributed by atoms with Crippen molar-refractivity contribution in [1.82, 2.24) is 15.8 Å². The van der Waals surface area contributed by atoms with Crippen LogP contribution in [0.3, 0.4) is 0 Å². The molecule has 19 heteroatoms. The molecular formula is C42H52N4O15. The van der Waals surface area contributed by atoms with Gasteiger partial charge in [0.1, 0.15) is 29.9 Å². The SMILES string of the molecule is CO[C@H]1/C=C/O[C@@]2(C)Oc3c(C)c(O)c4c(O)c(cc(OCC(=O)NN5C(=O)CNC5=O)c4c3C2=O)NC(=O)/C(C)=C\C=C\[C@@H](C)[C@@H](O)[C@@H](C)[C@H](O)[C@@H](C)[C@H](OC(C)=O)[C@@H]1C. The smallest absolute Gasteiger partial charge is 0.343 e. The molecule has 9 atom stereocenters. The standard InChI is InChI=1S/C42H52N4O15/c1-18-11-10-12-19(2)40(55)44-25-15-27(58-17-28(48)45-46-29(49)16-43-41(46)56)30-31(36(25)53)35(52)23(6)38-32(30)39(54)42(8,61-38)59-14-13-26(57-9)20(3)37(60-24(7)47)22(5)34(51)21(4)33(18)50/h10-15,18,20-22,26,33-34,37,50-53H,16-17H2,1-9H3,(H,43,56)(H,44,55)(H,45,48)/b11-10+,14-13+,19-12-/t18-,20-,21-,22-,26+,33-,34+,37-,42+/m1/s1. The van der Waals surface area contributed by atoms with Crippen LogP contribution in [-0.2, 0) is 33.4 Å². The van der Waals surface area contributed by atoms with Crippen LogP contribution in [0.4, 0.5) is 10.5 Å². The number of hydrogen-bond donors (Lipinski definition) is 7. The summed E-state index contributed by atoms with van der Waals surface area (Å²) in [4.78, 5) is 77.4. The van der Waals surface area contributed by atoms with Crippen molar-refractivity contribution in [3.8, 4) is 23.0 Å². The Hall–Kier alpha value is -6.18. The number of nitrogens with one attached hydrogen (secondary N) is 3. The maximum atomic E-state index is 14.5. The number of nitrogens with zero attached hydrogens (tertiary/aromatic N) is 1. The molecule has 0 radical (unpaired) electrons. The number of allylic oxidation sites excluding steroid dienone is 2. The number of aromatic hydroxyl groups is 2. The minimum absolute atomic E-state index is 0.00869. The molecule has 4 aliphatic heterocycles. The van der Waals surface area contributed by atoms with Crippen LogP contribution in [0.1, 0.15) is 64.4 Å². The van der Waals surface area contributed by atoms with Crippen molar-refractivity contribution in [3.63, 3.8) is 0 Å². The van der Waals surface area contributed by atoms with E-state index in [1.54, 1.807) is 33.8 Å². The molecule has 19 nitrogen and oxygen atoms in total. The first-order valence-corrected chi connectivity index (χ1v) is 19.5. The molecule has 0 spiro atoms. The highest BCUT2D eigenvalue weighted by Crippen LogP contribution is 2.54. The fourth-order valence-electron chi connectivity index (χ4n) is 7.58. The quantitative estimate of drug-likeness (QED) is 0.125. The number of fused-ring (bicyclic) bond motifs is 14. The minimum atomic E-state index is -2.11. The molecule has 5 amide bonds. The van der Waals surface area contributed by atoms with E-state index in [1.165, 1.54) is 53.0 Å². The average Bonchev–Trinajstić information content (AvgIpc) is 3.67. The fourth-order valence-corrected chi connectivity index (χ4v) is 7.58. The van der Waals surface area contributed by atoms with Crippen LogP contribution in [-0.4, -0.2) is 111 Å². The molecule has 0 aliphatic carbocycles. The summed E-state index contributed by atoms with van der Waals surface area (Å²) < 4.78 is 29.3. The van der Waals surface area contributed by atoms with Gasteiger partial charge in [-0.1, -0.05) is 45.9 Å². The molecule has 0 unspecified atom stereocenters. The monoisotopic (exact) mass is 852 g/mol. The lowest BCUT2D eigenvalue weighted by atomic mass is 9.78. The molecule has 6 rings (SSSR count). The van der Waals surface area contributed by atoms with Gasteiger partial charge in [0.15, 0.2) is 12.4 Å². The molecule has 330 valence electrons. The molecule has 0 aromatic heterocycles. The molecule has 7 N–H and O–H groups in total. The highest BCUT2D eigenvalue weighted by atomic mass is 16.7. The van der Waals surface area contributed by atoms with E-state index >= 15 is 0 Å². The van der Waals surface area contributed by atoms with Gasteiger partial charge in [-0.2, -0.15) is 5.01 Å². The number of urea groups is 1. The molecule has 4 aliphatic rings. The molecule has 4 heterocycles. The zero-order chi connectivity index (χ0) is 45.2. The van der Waals surface area contributed by atoms with Gasteiger partial charge >= 0.3 is 17.8 Å². The van der Waals surface area contributed by atoms with E-state index in [0.29, 0.717) is 5.01 Å². The minimum Gasteiger partial charge on any atom is -0.507 e. The Morgan fingerprint density at radius 2 is 1.67 bits per heavy atom. The Morgan fingerprint density at radius 1 is 0.984 bits per heavy atom. The number of phenolic OH excluding ortho intramolecular Hbond substituents is 2. The van der Waals surface area contributed by atoms with Gasteiger partial charge < -0.3 is 54.7 Å². The number of methoxy groups -OCH3 is 1. The predicted molar refractivity (Wildman–Crippen MR) is 216 cm³/mol. The Bertz CT molecular complexity index is 2200. The van der Waals surface area contributed by atoms with Gasteiger partial charge in [0.05, 0.1) is 41.2 Å². The van der Waals surface area contributed by atoms with Crippen LogP contribution in [0.25, 0.3) is 10.8 Å². The number of ether oxygens (including phenoxy) is 5. The van der Waals surface area contributed by atoms with E-state index in [4.69, 9.17) is 23.7 Å². The van der Waals surface area contributed by atoms with Crippen LogP contribution >= 0.6 is 0 Å². The number of hydrazine groups is 1. The summed E-state index contributed by atoms with van der Waals surface area (Å²) in [6, 6.07) is 0.242. The van der Waals surface area contributed by atoms with E-state index in [2.05, 4.69) is 16.1 Å². The van der Waals surface area contributed by atoms with Gasteiger partial charge in [-0.3, -0.25) is 29.4 Å². The third kappa shape index (κ3) is 9.13. The Kier molecular flexibility index (Phi) is 13.7. The second-order valence-electron chi connectivity index (χ2n) is 15.6. The second kappa shape index (κ2) is 18.2. The molecule has 1 saturated heterocycles. The molecule has 1 fully saturated rings. The van der Waals surface area contributed by atoms with E-state index in [0.717, 1.165) is 12.3 Å². The predicted octanol–water partition coefficient (Wildman–Crippen LogP) is 3.01. The Morgan fingerprint density at radius 3 is 2.30 bits per heavy atom. The lowest BCUT2D eigenvalue weighted by Gasteiger charge is -2.38. The van der Waals surface area contributed by atoms with Crippen molar-refractivity contribution >= 4 is 52.0 Å². The van der Waals surface area contributed by atoms with Gasteiger partial charge in [0, 0.05) is 67.2 Å². The van der Waals surface area contributed by atoms with Gasteiger partial charge in [0.25, 0.3) is 23.5 Å². The van der Waals surface area contributed by atoms with Gasteiger partial charge in [0.2, 0.25) is 0 Å². The first-order valence-electron chi connectivity index (χ1n) is 19.5. The van der Waals surface area contributed by atoms with E-state index in [-0.39, 0.29) is 51.2 Å². The number of phenols is 2. The van der Waals surface area contributed by atoms with Crippen molar-refractivity contribution in [2.24, 2.45) is 23.7 Å². The molecule has 61 heavy (non-hydrogen) atoms. The molecule has 2 aromatic rings. The lowest BCUT2D eigenvalue weighted by Crippen LogP contribution is -2.48. The second-order valence-corrected chi connectivity index (χ2v) is 15.6. The number of Topliss-reactive ketones (excluding diaryl/α,β-unsaturated/α-hetero) is 1. The van der Waals surface area contributed by atoms with Crippen molar-refractivity contribution in [1.29, 1.82) is 0 Å². The fraction of sp³-hybridized carbons (Fsp3) is 0.476. The summed E-state index contributed by atoms with van der Waals surface area (Å²) in [6.45, 7) is 11.0. The lowest BCUT2D eigenvalue weighted by molar-refractivity contribution is -0.160. The van der Waals surface area contributed by atoms with Crippen molar-refractivity contribution in [2.75, 3.05) is 25.6 Å².